The van der Waals surface area contributed by atoms with Crippen LogP contribution in [-0.2, 0) is 11.3 Å². The van der Waals surface area contributed by atoms with Crippen LogP contribution in [0.3, 0.4) is 0 Å². The van der Waals surface area contributed by atoms with Crippen molar-refractivity contribution in [3.8, 4) is 11.5 Å². The summed E-state index contributed by atoms with van der Waals surface area (Å²) in [5, 5.41) is 3.36. The van der Waals surface area contributed by atoms with Crippen LogP contribution in [0.4, 0.5) is 0 Å². The van der Waals surface area contributed by atoms with Gasteiger partial charge in [0.1, 0.15) is 0 Å². The van der Waals surface area contributed by atoms with Crippen LogP contribution in [0.25, 0.3) is 0 Å². The lowest BCUT2D eigenvalue weighted by atomic mass is 10.0. The molecular formula is C17H26N2O3. The number of rotatable bonds is 5. The number of carbonyl (C=O) groups excluding carboxylic acids is 1. The van der Waals surface area contributed by atoms with E-state index in [2.05, 4.69) is 5.32 Å². The number of carbonyl (C=O) groups is 1. The summed E-state index contributed by atoms with van der Waals surface area (Å²) in [4.78, 5) is 13.9. The molecule has 0 spiro atoms. The molecule has 0 aliphatic carbocycles. The first-order chi connectivity index (χ1) is 10.5. The van der Waals surface area contributed by atoms with Crippen molar-refractivity contribution in [1.82, 2.24) is 10.2 Å². The van der Waals surface area contributed by atoms with Gasteiger partial charge in [0.2, 0.25) is 5.91 Å². The van der Waals surface area contributed by atoms with Gasteiger partial charge in [-0.1, -0.05) is 26.0 Å². The van der Waals surface area contributed by atoms with Gasteiger partial charge in [-0.25, -0.2) is 0 Å². The van der Waals surface area contributed by atoms with Gasteiger partial charge in [0, 0.05) is 32.6 Å². The average molecular weight is 306 g/mol. The lowest BCUT2D eigenvalue weighted by Gasteiger charge is -2.25. The van der Waals surface area contributed by atoms with E-state index in [0.29, 0.717) is 19.8 Å². The Bertz CT molecular complexity index is 515. The van der Waals surface area contributed by atoms with E-state index in [0.717, 1.165) is 23.5 Å². The summed E-state index contributed by atoms with van der Waals surface area (Å²) in [6.07, 6.45) is 0.884. The van der Waals surface area contributed by atoms with Crippen molar-refractivity contribution in [3.05, 3.63) is 23.8 Å². The van der Waals surface area contributed by atoms with Crippen molar-refractivity contribution in [2.45, 2.75) is 32.9 Å². The molecule has 0 saturated carbocycles. The fraction of sp³-hybridized carbons (Fsp3) is 0.588. The van der Waals surface area contributed by atoms with E-state index in [9.17, 15) is 4.79 Å². The van der Waals surface area contributed by atoms with E-state index in [-0.39, 0.29) is 17.9 Å². The monoisotopic (exact) mass is 306 g/mol. The number of fused-ring (bicyclic) bond motifs is 1. The first kappa shape index (κ1) is 16.6. The molecule has 1 N–H and O–H groups in total. The van der Waals surface area contributed by atoms with Crippen molar-refractivity contribution >= 4 is 5.91 Å². The first-order valence-electron chi connectivity index (χ1n) is 7.82. The van der Waals surface area contributed by atoms with Gasteiger partial charge in [0.15, 0.2) is 11.5 Å². The minimum atomic E-state index is -0.211. The summed E-state index contributed by atoms with van der Waals surface area (Å²) in [6.45, 7) is 6.01. The molecule has 0 aromatic heterocycles. The molecule has 1 atom stereocenters. The quantitative estimate of drug-likeness (QED) is 0.904. The minimum Gasteiger partial charge on any atom is -0.490 e. The van der Waals surface area contributed by atoms with Gasteiger partial charge < -0.3 is 19.7 Å². The van der Waals surface area contributed by atoms with Crippen molar-refractivity contribution < 1.29 is 14.3 Å². The number of ether oxygens (including phenoxy) is 2. The Labute approximate surface area is 132 Å². The van der Waals surface area contributed by atoms with Crippen LogP contribution in [0.15, 0.2) is 18.2 Å². The topological polar surface area (TPSA) is 50.8 Å². The van der Waals surface area contributed by atoms with Crippen LogP contribution >= 0.6 is 0 Å². The Morgan fingerprint density at radius 2 is 2.00 bits per heavy atom. The predicted molar refractivity (Wildman–Crippen MR) is 86.2 cm³/mol. The second-order valence-corrected chi connectivity index (χ2v) is 6.13. The van der Waals surface area contributed by atoms with Crippen LogP contribution in [0, 0.1) is 5.92 Å². The highest BCUT2D eigenvalue weighted by molar-refractivity contribution is 5.81. The molecule has 5 heteroatoms. The van der Waals surface area contributed by atoms with Gasteiger partial charge in [-0.05, 0) is 12.0 Å². The molecule has 1 amide bonds. The zero-order chi connectivity index (χ0) is 16.1. The van der Waals surface area contributed by atoms with Gasteiger partial charge in [-0.3, -0.25) is 4.79 Å². The number of nitrogens with zero attached hydrogens (tertiary/aromatic N) is 1. The van der Waals surface area contributed by atoms with Gasteiger partial charge in [-0.2, -0.15) is 0 Å². The fourth-order valence-electron chi connectivity index (χ4n) is 2.50. The van der Waals surface area contributed by atoms with Crippen molar-refractivity contribution in [3.63, 3.8) is 0 Å². The third-order valence-corrected chi connectivity index (χ3v) is 3.74. The molecule has 1 aliphatic heterocycles. The highest BCUT2D eigenvalue weighted by atomic mass is 16.5. The lowest BCUT2D eigenvalue weighted by Crippen LogP contribution is -2.46. The Balaban J connectivity index is 2.12. The van der Waals surface area contributed by atoms with Crippen LogP contribution < -0.4 is 14.8 Å². The van der Waals surface area contributed by atoms with E-state index in [4.69, 9.17) is 9.47 Å². The van der Waals surface area contributed by atoms with Crippen LogP contribution in [0.2, 0.25) is 0 Å². The van der Waals surface area contributed by atoms with Gasteiger partial charge >= 0.3 is 0 Å². The molecule has 0 radical (unpaired) electrons. The number of para-hydroxylation sites is 1. The SMILES string of the molecule is CC(C)[C@@H](NCc1cccc2c1OCCCO2)C(=O)N(C)C. The molecule has 1 aromatic rings. The van der Waals surface area contributed by atoms with Gasteiger partial charge in [0.05, 0.1) is 19.3 Å². The van der Waals surface area contributed by atoms with E-state index < -0.39 is 0 Å². The van der Waals surface area contributed by atoms with E-state index in [1.807, 2.05) is 32.0 Å². The molecule has 0 saturated heterocycles. The Kier molecular flexibility index (Phi) is 5.66. The zero-order valence-corrected chi connectivity index (χ0v) is 13.9. The maximum absolute atomic E-state index is 12.3. The highest BCUT2D eigenvalue weighted by Crippen LogP contribution is 2.33. The summed E-state index contributed by atoms with van der Waals surface area (Å²) in [5.41, 5.74) is 1.02. The Morgan fingerprint density at radius 1 is 1.27 bits per heavy atom. The lowest BCUT2D eigenvalue weighted by molar-refractivity contribution is -0.132. The van der Waals surface area contributed by atoms with E-state index in [1.54, 1.807) is 19.0 Å². The molecule has 0 unspecified atom stereocenters. The maximum Gasteiger partial charge on any atom is 0.239 e. The van der Waals surface area contributed by atoms with Gasteiger partial charge in [0.25, 0.3) is 0 Å². The normalized spacial score (nSPS) is 15.3. The van der Waals surface area contributed by atoms with Gasteiger partial charge in [-0.15, -0.1) is 0 Å². The molecule has 22 heavy (non-hydrogen) atoms. The number of benzene rings is 1. The van der Waals surface area contributed by atoms with Crippen LogP contribution in [0.5, 0.6) is 11.5 Å². The second kappa shape index (κ2) is 7.49. The molecule has 2 rings (SSSR count). The molecule has 1 aliphatic rings. The summed E-state index contributed by atoms with van der Waals surface area (Å²) in [5.74, 6) is 1.90. The van der Waals surface area contributed by atoms with Crippen LogP contribution in [-0.4, -0.2) is 44.2 Å². The third-order valence-electron chi connectivity index (χ3n) is 3.74. The fourth-order valence-corrected chi connectivity index (χ4v) is 2.50. The standard InChI is InChI=1S/C17H26N2O3/c1-12(2)15(17(20)19(3)4)18-11-13-7-5-8-14-16(13)22-10-6-9-21-14/h5,7-8,12,15,18H,6,9-11H2,1-4H3/t15-/m1/s1. The number of likely N-dealkylation sites (N-methyl/N-ethyl adjacent to an activating group) is 1. The number of amides is 1. The molecule has 122 valence electrons. The number of hydrogen-bond acceptors (Lipinski definition) is 4. The number of nitrogens with one attached hydrogen (secondary N) is 1. The van der Waals surface area contributed by atoms with E-state index >= 15 is 0 Å². The molecule has 0 bridgehead atoms. The highest BCUT2D eigenvalue weighted by Gasteiger charge is 2.24. The predicted octanol–water partition coefficient (Wildman–Crippen LogP) is 2.05. The summed E-state index contributed by atoms with van der Waals surface area (Å²) in [7, 11) is 3.57. The summed E-state index contributed by atoms with van der Waals surface area (Å²) < 4.78 is 11.5. The second-order valence-electron chi connectivity index (χ2n) is 6.13. The summed E-state index contributed by atoms with van der Waals surface area (Å²) >= 11 is 0. The maximum atomic E-state index is 12.3. The van der Waals surface area contributed by atoms with Crippen molar-refractivity contribution in [2.24, 2.45) is 5.92 Å². The molecule has 1 aromatic carbocycles. The van der Waals surface area contributed by atoms with E-state index in [1.165, 1.54) is 0 Å². The smallest absolute Gasteiger partial charge is 0.239 e. The molecule has 0 fully saturated rings. The average Bonchev–Trinajstić information content (AvgIpc) is 2.72. The minimum absolute atomic E-state index is 0.0918. The first-order valence-corrected chi connectivity index (χ1v) is 7.82. The largest absolute Gasteiger partial charge is 0.490 e. The molecule has 5 nitrogen and oxygen atoms in total. The van der Waals surface area contributed by atoms with Crippen molar-refractivity contribution in [1.29, 1.82) is 0 Å². The Morgan fingerprint density at radius 3 is 2.68 bits per heavy atom. The Hall–Kier alpha value is -1.75. The number of hydrogen-bond donors (Lipinski definition) is 1. The molecular weight excluding hydrogens is 280 g/mol. The summed E-state index contributed by atoms with van der Waals surface area (Å²) in [6, 6.07) is 5.69. The van der Waals surface area contributed by atoms with Crippen molar-refractivity contribution in [2.75, 3.05) is 27.3 Å². The molecule has 1 heterocycles. The zero-order valence-electron chi connectivity index (χ0n) is 13.9. The third kappa shape index (κ3) is 3.91. The van der Waals surface area contributed by atoms with Crippen LogP contribution in [0.1, 0.15) is 25.8 Å².